The number of benzene rings is 1. The van der Waals surface area contributed by atoms with E-state index >= 15 is 0 Å². The summed E-state index contributed by atoms with van der Waals surface area (Å²) in [6, 6.07) is 12.3. The summed E-state index contributed by atoms with van der Waals surface area (Å²) >= 11 is 3.03. The average Bonchev–Trinajstić information content (AvgIpc) is 3.33. The number of rotatable bonds is 7. The Hall–Kier alpha value is -2.12. The average molecular weight is 414 g/mol. The number of aryl methyl sites for hydroxylation is 1. The number of amides is 1. The maximum absolute atomic E-state index is 12.0. The van der Waals surface area contributed by atoms with E-state index in [1.165, 1.54) is 34.2 Å². The topological polar surface area (TPSA) is 68.0 Å². The predicted molar refractivity (Wildman–Crippen MR) is 113 cm³/mol. The van der Waals surface area contributed by atoms with E-state index in [0.717, 1.165) is 30.1 Å². The molecule has 28 heavy (non-hydrogen) atoms. The van der Waals surface area contributed by atoms with Crippen LogP contribution in [0.25, 0.3) is 10.8 Å². The molecule has 1 N–H and O–H groups in total. The molecule has 0 spiro atoms. The Morgan fingerprint density at radius 1 is 1.32 bits per heavy atom. The van der Waals surface area contributed by atoms with Crippen molar-refractivity contribution in [1.82, 2.24) is 15.5 Å². The third-order valence-electron chi connectivity index (χ3n) is 4.85. The zero-order valence-corrected chi connectivity index (χ0v) is 17.4. The largest absolute Gasteiger partial charge is 0.410 e. The van der Waals surface area contributed by atoms with Crippen molar-refractivity contribution in [2.24, 2.45) is 5.92 Å². The summed E-state index contributed by atoms with van der Waals surface area (Å²) < 4.78 is 5.77. The molecule has 0 bridgehead atoms. The van der Waals surface area contributed by atoms with Crippen LogP contribution in [-0.4, -0.2) is 28.4 Å². The minimum atomic E-state index is -0.0266. The van der Waals surface area contributed by atoms with Gasteiger partial charge in [-0.3, -0.25) is 4.79 Å². The first-order chi connectivity index (χ1) is 13.7. The zero-order valence-electron chi connectivity index (χ0n) is 15.8. The molecule has 4 rings (SSSR count). The molecule has 3 aromatic rings. The maximum Gasteiger partial charge on any atom is 0.277 e. The fraction of sp³-hybridized carbons (Fsp3) is 0.381. The van der Waals surface area contributed by atoms with Crippen molar-refractivity contribution in [3.63, 3.8) is 0 Å². The number of fused-ring (bicyclic) bond motifs is 1. The van der Waals surface area contributed by atoms with Crippen molar-refractivity contribution < 1.29 is 9.21 Å². The number of hydrogen-bond donors (Lipinski definition) is 1. The van der Waals surface area contributed by atoms with Crippen LogP contribution in [0.15, 0.2) is 46.0 Å². The Morgan fingerprint density at radius 3 is 3.04 bits per heavy atom. The van der Waals surface area contributed by atoms with Crippen molar-refractivity contribution in [2.75, 3.05) is 12.3 Å². The molecule has 0 fully saturated rings. The van der Waals surface area contributed by atoms with E-state index in [1.54, 1.807) is 11.3 Å². The Morgan fingerprint density at radius 2 is 2.18 bits per heavy atom. The van der Waals surface area contributed by atoms with Gasteiger partial charge in [0.25, 0.3) is 11.1 Å². The van der Waals surface area contributed by atoms with Gasteiger partial charge in [-0.15, -0.1) is 21.5 Å². The predicted octanol–water partition coefficient (Wildman–Crippen LogP) is 4.37. The molecular formula is C21H23N3O2S2. The van der Waals surface area contributed by atoms with Crippen LogP contribution in [0.4, 0.5) is 0 Å². The molecule has 0 saturated carbocycles. The molecule has 1 aliphatic rings. The lowest BCUT2D eigenvalue weighted by Gasteiger charge is -2.16. The molecule has 1 aromatic carbocycles. The fourth-order valence-electron chi connectivity index (χ4n) is 3.35. The highest BCUT2D eigenvalue weighted by Crippen LogP contribution is 2.37. The SMILES string of the molecule is C[C@H]1CCc2sc(-c3nnc(SCC(=O)NCCc4ccccc4)o3)cc2C1. The van der Waals surface area contributed by atoms with E-state index in [9.17, 15) is 4.79 Å². The fourth-order valence-corrected chi connectivity index (χ4v) is 5.07. The Kier molecular flexibility index (Phi) is 6.12. The quantitative estimate of drug-likeness (QED) is 0.583. The van der Waals surface area contributed by atoms with Crippen molar-refractivity contribution in [3.8, 4) is 10.8 Å². The van der Waals surface area contributed by atoms with Crippen LogP contribution in [0.1, 0.15) is 29.3 Å². The van der Waals surface area contributed by atoms with Crippen LogP contribution < -0.4 is 5.32 Å². The van der Waals surface area contributed by atoms with Gasteiger partial charge in [0.05, 0.1) is 10.6 Å². The summed E-state index contributed by atoms with van der Waals surface area (Å²) in [4.78, 5) is 14.5. The second-order valence-electron chi connectivity index (χ2n) is 7.15. The van der Waals surface area contributed by atoms with Gasteiger partial charge in [0, 0.05) is 11.4 Å². The molecule has 0 saturated heterocycles. The molecular weight excluding hydrogens is 390 g/mol. The van der Waals surface area contributed by atoms with Gasteiger partial charge in [0.2, 0.25) is 5.91 Å². The number of thioether (sulfide) groups is 1. The highest BCUT2D eigenvalue weighted by Gasteiger charge is 2.21. The van der Waals surface area contributed by atoms with Crippen LogP contribution >= 0.6 is 23.1 Å². The molecule has 5 nitrogen and oxygen atoms in total. The molecule has 0 aliphatic heterocycles. The standard InChI is InChI=1S/C21H23N3O2S2/c1-14-7-8-17-16(11-14)12-18(28-17)20-23-24-21(26-20)27-13-19(25)22-10-9-15-5-3-2-4-6-15/h2-6,12,14H,7-11,13H2,1H3,(H,22,25)/t14-/m0/s1. The van der Waals surface area contributed by atoms with Crippen LogP contribution in [-0.2, 0) is 24.1 Å². The molecule has 0 radical (unpaired) electrons. The van der Waals surface area contributed by atoms with Crippen LogP contribution in [0.5, 0.6) is 0 Å². The number of nitrogens with one attached hydrogen (secondary N) is 1. The van der Waals surface area contributed by atoms with Gasteiger partial charge in [0.15, 0.2) is 0 Å². The molecule has 2 aromatic heterocycles. The van der Waals surface area contributed by atoms with Gasteiger partial charge >= 0.3 is 0 Å². The van der Waals surface area contributed by atoms with Gasteiger partial charge in [-0.1, -0.05) is 49.0 Å². The van der Waals surface area contributed by atoms with Gasteiger partial charge in [-0.2, -0.15) is 0 Å². The van der Waals surface area contributed by atoms with Crippen LogP contribution in [0, 0.1) is 5.92 Å². The summed E-state index contributed by atoms with van der Waals surface area (Å²) in [6.07, 6.45) is 4.34. The lowest BCUT2D eigenvalue weighted by atomic mass is 9.90. The smallest absolute Gasteiger partial charge is 0.277 e. The molecule has 2 heterocycles. The van der Waals surface area contributed by atoms with Gasteiger partial charge < -0.3 is 9.73 Å². The molecule has 7 heteroatoms. The number of thiophene rings is 1. The molecule has 1 amide bonds. The van der Waals surface area contributed by atoms with Crippen molar-refractivity contribution >= 4 is 29.0 Å². The monoisotopic (exact) mass is 413 g/mol. The van der Waals surface area contributed by atoms with E-state index in [-0.39, 0.29) is 11.7 Å². The van der Waals surface area contributed by atoms with E-state index < -0.39 is 0 Å². The van der Waals surface area contributed by atoms with Gasteiger partial charge in [-0.05, 0) is 48.8 Å². The van der Waals surface area contributed by atoms with E-state index in [4.69, 9.17) is 4.42 Å². The molecule has 146 valence electrons. The van der Waals surface area contributed by atoms with E-state index in [0.29, 0.717) is 17.7 Å². The summed E-state index contributed by atoms with van der Waals surface area (Å²) in [5, 5.41) is 11.6. The summed E-state index contributed by atoms with van der Waals surface area (Å²) in [5.74, 6) is 1.54. The third kappa shape index (κ3) is 4.83. The Balaban J connectivity index is 1.26. The lowest BCUT2D eigenvalue weighted by Crippen LogP contribution is -2.27. The minimum Gasteiger partial charge on any atom is -0.410 e. The molecule has 0 unspecified atom stereocenters. The maximum atomic E-state index is 12.0. The highest BCUT2D eigenvalue weighted by molar-refractivity contribution is 7.99. The van der Waals surface area contributed by atoms with Gasteiger partial charge in [-0.25, -0.2) is 0 Å². The molecule has 1 aliphatic carbocycles. The Bertz CT molecular complexity index is 936. The lowest BCUT2D eigenvalue weighted by molar-refractivity contribution is -0.118. The number of carbonyl (C=O) groups is 1. The summed E-state index contributed by atoms with van der Waals surface area (Å²) in [6.45, 7) is 2.92. The van der Waals surface area contributed by atoms with Crippen LogP contribution in [0.2, 0.25) is 0 Å². The van der Waals surface area contributed by atoms with Crippen molar-refractivity contribution in [3.05, 3.63) is 52.4 Å². The normalized spacial score (nSPS) is 16.0. The first-order valence-electron chi connectivity index (χ1n) is 9.56. The van der Waals surface area contributed by atoms with E-state index in [1.807, 2.05) is 18.2 Å². The second kappa shape index (κ2) is 8.92. The second-order valence-corrected chi connectivity index (χ2v) is 9.22. The minimum absolute atomic E-state index is 0.0266. The Labute approximate surface area is 173 Å². The highest BCUT2D eigenvalue weighted by atomic mass is 32.2. The van der Waals surface area contributed by atoms with E-state index in [2.05, 4.69) is 40.6 Å². The number of carbonyl (C=O) groups excluding carboxylic acids is 1. The molecule has 1 atom stereocenters. The zero-order chi connectivity index (χ0) is 19.3. The number of nitrogens with zero attached hydrogens (tertiary/aromatic N) is 2. The number of aromatic nitrogens is 2. The summed E-state index contributed by atoms with van der Waals surface area (Å²) in [7, 11) is 0. The first-order valence-corrected chi connectivity index (χ1v) is 11.4. The first kappa shape index (κ1) is 19.2. The van der Waals surface area contributed by atoms with Crippen molar-refractivity contribution in [1.29, 1.82) is 0 Å². The van der Waals surface area contributed by atoms with Gasteiger partial charge in [0.1, 0.15) is 0 Å². The third-order valence-corrected chi connectivity index (χ3v) is 6.90. The van der Waals surface area contributed by atoms with Crippen molar-refractivity contribution in [2.45, 2.75) is 37.8 Å². The summed E-state index contributed by atoms with van der Waals surface area (Å²) in [5.41, 5.74) is 2.63. The number of hydrogen-bond acceptors (Lipinski definition) is 6. The van der Waals surface area contributed by atoms with Crippen LogP contribution in [0.3, 0.4) is 0 Å².